The Kier molecular flexibility index (Phi) is 5.87. The standard InChI is InChI=1S/C26H27NO2S/c1-26(2,3)20-13-15-21(16-14-20)29-17-25(28)27-22-11-7-8-12-24(22)30-18-23(27)19-9-5-4-6-10-19/h4-16,23H,17-18H2,1-3H3/t23-/m1/s1. The summed E-state index contributed by atoms with van der Waals surface area (Å²) < 4.78 is 5.89. The summed E-state index contributed by atoms with van der Waals surface area (Å²) in [6.07, 6.45) is 0. The first kappa shape index (κ1) is 20.5. The van der Waals surface area contributed by atoms with Crippen molar-refractivity contribution in [2.45, 2.75) is 37.1 Å². The Morgan fingerprint density at radius 3 is 2.33 bits per heavy atom. The molecular weight excluding hydrogens is 390 g/mol. The lowest BCUT2D eigenvalue weighted by Crippen LogP contribution is -2.41. The lowest BCUT2D eigenvalue weighted by atomic mass is 9.87. The lowest BCUT2D eigenvalue weighted by Gasteiger charge is -2.37. The molecule has 1 atom stereocenters. The molecule has 0 spiro atoms. The number of anilines is 1. The maximum absolute atomic E-state index is 13.3. The molecule has 0 saturated carbocycles. The third kappa shape index (κ3) is 4.39. The molecule has 4 rings (SSSR count). The number of thioether (sulfide) groups is 1. The van der Waals surface area contributed by atoms with E-state index in [0.29, 0.717) is 5.75 Å². The van der Waals surface area contributed by atoms with Crippen LogP contribution in [-0.4, -0.2) is 18.3 Å². The zero-order chi connectivity index (χ0) is 21.1. The van der Waals surface area contributed by atoms with Gasteiger partial charge in [0.2, 0.25) is 0 Å². The van der Waals surface area contributed by atoms with Crippen LogP contribution in [0.1, 0.15) is 37.9 Å². The maximum atomic E-state index is 13.3. The second kappa shape index (κ2) is 8.57. The minimum absolute atomic E-state index is 0.00883. The number of carbonyl (C=O) groups excluding carboxylic acids is 1. The van der Waals surface area contributed by atoms with Gasteiger partial charge in [-0.3, -0.25) is 9.69 Å². The maximum Gasteiger partial charge on any atom is 0.265 e. The SMILES string of the molecule is CC(C)(C)c1ccc(OCC(=O)N2c3ccccc3SC[C@@H]2c2ccccc2)cc1. The predicted octanol–water partition coefficient (Wildman–Crippen LogP) is 6.24. The zero-order valence-electron chi connectivity index (χ0n) is 17.7. The van der Waals surface area contributed by atoms with Crippen LogP contribution >= 0.6 is 11.8 Å². The first-order chi connectivity index (χ1) is 14.4. The van der Waals surface area contributed by atoms with Crippen molar-refractivity contribution in [1.82, 2.24) is 0 Å². The van der Waals surface area contributed by atoms with Crippen molar-refractivity contribution in [3.05, 3.63) is 90.0 Å². The van der Waals surface area contributed by atoms with E-state index in [-0.39, 0.29) is 24.0 Å². The third-order valence-electron chi connectivity index (χ3n) is 5.37. The first-order valence-corrected chi connectivity index (χ1v) is 11.2. The van der Waals surface area contributed by atoms with Crippen molar-refractivity contribution in [1.29, 1.82) is 0 Å². The number of benzene rings is 3. The molecule has 154 valence electrons. The van der Waals surface area contributed by atoms with E-state index in [1.807, 2.05) is 53.4 Å². The number of fused-ring (bicyclic) bond motifs is 1. The van der Waals surface area contributed by atoms with Gasteiger partial charge in [0.15, 0.2) is 6.61 Å². The van der Waals surface area contributed by atoms with Gasteiger partial charge in [-0.15, -0.1) is 11.8 Å². The minimum Gasteiger partial charge on any atom is -0.484 e. The molecule has 0 aliphatic carbocycles. The van der Waals surface area contributed by atoms with E-state index in [0.717, 1.165) is 21.9 Å². The van der Waals surface area contributed by atoms with Gasteiger partial charge in [0, 0.05) is 10.6 Å². The van der Waals surface area contributed by atoms with Crippen LogP contribution in [-0.2, 0) is 10.2 Å². The summed E-state index contributed by atoms with van der Waals surface area (Å²) in [5.74, 6) is 1.51. The van der Waals surface area contributed by atoms with E-state index in [4.69, 9.17) is 4.74 Å². The van der Waals surface area contributed by atoms with Crippen LogP contribution in [0.15, 0.2) is 83.8 Å². The van der Waals surface area contributed by atoms with Crippen molar-refractivity contribution in [3.8, 4) is 5.75 Å². The molecule has 1 aliphatic rings. The average Bonchev–Trinajstić information content (AvgIpc) is 2.77. The number of carbonyl (C=O) groups is 1. The second-order valence-corrected chi connectivity index (χ2v) is 9.59. The second-order valence-electron chi connectivity index (χ2n) is 8.53. The molecule has 0 N–H and O–H groups in total. The van der Waals surface area contributed by atoms with E-state index in [1.165, 1.54) is 5.56 Å². The Morgan fingerprint density at radius 1 is 0.967 bits per heavy atom. The minimum atomic E-state index is -0.0310. The van der Waals surface area contributed by atoms with Crippen molar-refractivity contribution < 1.29 is 9.53 Å². The fourth-order valence-corrected chi connectivity index (χ4v) is 4.85. The summed E-state index contributed by atoms with van der Waals surface area (Å²) in [6, 6.07) is 26.4. The molecular formula is C26H27NO2S. The highest BCUT2D eigenvalue weighted by molar-refractivity contribution is 7.99. The topological polar surface area (TPSA) is 29.5 Å². The highest BCUT2D eigenvalue weighted by Crippen LogP contribution is 2.43. The molecule has 1 amide bonds. The number of hydrogen-bond acceptors (Lipinski definition) is 3. The Balaban J connectivity index is 1.55. The molecule has 1 heterocycles. The van der Waals surface area contributed by atoms with Crippen molar-refractivity contribution in [2.75, 3.05) is 17.3 Å². The van der Waals surface area contributed by atoms with Gasteiger partial charge in [0.1, 0.15) is 5.75 Å². The Morgan fingerprint density at radius 2 is 1.63 bits per heavy atom. The number of nitrogens with zero attached hydrogens (tertiary/aromatic N) is 1. The predicted molar refractivity (Wildman–Crippen MR) is 124 cm³/mol. The molecule has 0 bridgehead atoms. The van der Waals surface area contributed by atoms with Crippen LogP contribution in [0, 0.1) is 0 Å². The smallest absolute Gasteiger partial charge is 0.265 e. The fraction of sp³-hybridized carbons (Fsp3) is 0.269. The molecule has 0 fully saturated rings. The van der Waals surface area contributed by atoms with Crippen molar-refractivity contribution in [2.24, 2.45) is 0 Å². The Hall–Kier alpha value is -2.72. The summed E-state index contributed by atoms with van der Waals surface area (Å²) in [5, 5.41) is 0. The number of hydrogen-bond donors (Lipinski definition) is 0. The molecule has 0 radical (unpaired) electrons. The van der Waals surface area contributed by atoms with Crippen LogP contribution in [0.25, 0.3) is 0 Å². The van der Waals surface area contributed by atoms with Gasteiger partial charge in [0.05, 0.1) is 11.7 Å². The summed E-state index contributed by atoms with van der Waals surface area (Å²) in [7, 11) is 0. The average molecular weight is 418 g/mol. The van der Waals surface area contributed by atoms with Gasteiger partial charge in [-0.25, -0.2) is 0 Å². The van der Waals surface area contributed by atoms with Crippen LogP contribution in [0.4, 0.5) is 5.69 Å². The quantitative estimate of drug-likeness (QED) is 0.503. The van der Waals surface area contributed by atoms with E-state index >= 15 is 0 Å². The highest BCUT2D eigenvalue weighted by Gasteiger charge is 2.32. The van der Waals surface area contributed by atoms with Crippen molar-refractivity contribution >= 4 is 23.4 Å². The van der Waals surface area contributed by atoms with Crippen LogP contribution < -0.4 is 9.64 Å². The number of rotatable bonds is 4. The number of amides is 1. The summed E-state index contributed by atoms with van der Waals surface area (Å²) >= 11 is 1.80. The van der Waals surface area contributed by atoms with Crippen LogP contribution in [0.2, 0.25) is 0 Å². The third-order valence-corrected chi connectivity index (χ3v) is 6.51. The lowest BCUT2D eigenvalue weighted by molar-refractivity contribution is -0.121. The molecule has 3 aromatic rings. The number of ether oxygens (including phenoxy) is 1. The molecule has 3 nitrogen and oxygen atoms in total. The van der Waals surface area contributed by atoms with Gasteiger partial charge < -0.3 is 4.74 Å². The van der Waals surface area contributed by atoms with Gasteiger partial charge in [-0.1, -0.05) is 75.4 Å². The van der Waals surface area contributed by atoms with Gasteiger partial charge >= 0.3 is 0 Å². The molecule has 4 heteroatoms. The van der Waals surface area contributed by atoms with Gasteiger partial charge in [-0.2, -0.15) is 0 Å². The Labute approximate surface area is 183 Å². The first-order valence-electron chi connectivity index (χ1n) is 10.3. The molecule has 0 aromatic heterocycles. The van der Waals surface area contributed by atoms with Crippen molar-refractivity contribution in [3.63, 3.8) is 0 Å². The molecule has 0 saturated heterocycles. The zero-order valence-corrected chi connectivity index (χ0v) is 18.5. The van der Waals surface area contributed by atoms with E-state index in [9.17, 15) is 4.79 Å². The van der Waals surface area contributed by atoms with Gasteiger partial charge in [0.25, 0.3) is 5.91 Å². The van der Waals surface area contributed by atoms with E-state index < -0.39 is 0 Å². The summed E-state index contributed by atoms with van der Waals surface area (Å²) in [5.41, 5.74) is 3.43. The molecule has 30 heavy (non-hydrogen) atoms. The molecule has 0 unspecified atom stereocenters. The fourth-order valence-electron chi connectivity index (χ4n) is 3.68. The van der Waals surface area contributed by atoms with Crippen LogP contribution in [0.5, 0.6) is 5.75 Å². The van der Waals surface area contributed by atoms with Crippen LogP contribution in [0.3, 0.4) is 0 Å². The normalized spacial score (nSPS) is 16.1. The summed E-state index contributed by atoms with van der Waals surface area (Å²) in [4.78, 5) is 16.4. The molecule has 3 aromatic carbocycles. The monoisotopic (exact) mass is 417 g/mol. The molecule has 1 aliphatic heterocycles. The highest BCUT2D eigenvalue weighted by atomic mass is 32.2. The number of para-hydroxylation sites is 1. The summed E-state index contributed by atoms with van der Waals surface area (Å²) in [6.45, 7) is 6.56. The largest absolute Gasteiger partial charge is 0.484 e. The van der Waals surface area contributed by atoms with E-state index in [1.54, 1.807) is 11.8 Å². The van der Waals surface area contributed by atoms with Gasteiger partial charge in [-0.05, 0) is 40.8 Å². The van der Waals surface area contributed by atoms with E-state index in [2.05, 4.69) is 51.1 Å². The Bertz CT molecular complexity index is 1010.